The quantitative estimate of drug-likeness (QED) is 0.532. The molecule has 2 nitrogen and oxygen atoms in total. The van der Waals surface area contributed by atoms with Crippen molar-refractivity contribution in [3.8, 4) is 0 Å². The first-order valence-electron chi connectivity index (χ1n) is 3.79. The van der Waals surface area contributed by atoms with Gasteiger partial charge in [-0.1, -0.05) is 6.92 Å². The lowest BCUT2D eigenvalue weighted by atomic mass is 10.1. The number of hydrogen-bond acceptors (Lipinski definition) is 2. The van der Waals surface area contributed by atoms with E-state index in [0.29, 0.717) is 12.1 Å². The molecule has 54 valence electrons. The summed E-state index contributed by atoms with van der Waals surface area (Å²) in [6, 6.07) is 1.36. The Labute approximate surface area is 57.0 Å². The van der Waals surface area contributed by atoms with Gasteiger partial charge >= 0.3 is 0 Å². The lowest BCUT2D eigenvalue weighted by Crippen LogP contribution is -2.53. The molecule has 1 aliphatic rings. The van der Waals surface area contributed by atoms with Crippen molar-refractivity contribution >= 4 is 0 Å². The molecule has 0 bridgehead atoms. The van der Waals surface area contributed by atoms with Crippen molar-refractivity contribution in [2.24, 2.45) is 0 Å². The molecule has 0 aromatic rings. The number of piperazine rings is 1. The van der Waals surface area contributed by atoms with Gasteiger partial charge in [0.05, 0.1) is 0 Å². The third kappa shape index (κ3) is 1.95. The Balaban J connectivity index is 2.23. The van der Waals surface area contributed by atoms with Crippen LogP contribution in [0.5, 0.6) is 0 Å². The van der Waals surface area contributed by atoms with Gasteiger partial charge in [0.2, 0.25) is 0 Å². The molecular formula is C7H16N2. The minimum atomic E-state index is 0.656. The molecule has 1 heterocycles. The predicted octanol–water partition coefficient (Wildman–Crippen LogP) is 0.346. The molecule has 0 amide bonds. The van der Waals surface area contributed by atoms with E-state index in [1.807, 2.05) is 0 Å². The zero-order valence-corrected chi connectivity index (χ0v) is 6.28. The maximum Gasteiger partial charge on any atom is 0.0192 e. The molecule has 1 aliphatic heterocycles. The smallest absolute Gasteiger partial charge is 0.0192 e. The van der Waals surface area contributed by atoms with Crippen LogP contribution in [0.2, 0.25) is 0 Å². The van der Waals surface area contributed by atoms with Crippen molar-refractivity contribution in [2.45, 2.75) is 32.4 Å². The van der Waals surface area contributed by atoms with Crippen LogP contribution in [0.1, 0.15) is 20.3 Å². The van der Waals surface area contributed by atoms with Gasteiger partial charge in [0, 0.05) is 25.2 Å². The highest BCUT2D eigenvalue weighted by molar-refractivity contribution is 4.79. The van der Waals surface area contributed by atoms with Crippen molar-refractivity contribution in [1.82, 2.24) is 10.6 Å². The van der Waals surface area contributed by atoms with E-state index in [4.69, 9.17) is 0 Å². The summed E-state index contributed by atoms with van der Waals surface area (Å²) in [6.07, 6.45) is 1.23. The highest BCUT2D eigenvalue weighted by Crippen LogP contribution is 1.96. The molecule has 2 N–H and O–H groups in total. The first-order chi connectivity index (χ1) is 4.33. The van der Waals surface area contributed by atoms with Crippen LogP contribution < -0.4 is 10.6 Å². The van der Waals surface area contributed by atoms with Gasteiger partial charge in [-0.05, 0) is 13.3 Å². The number of nitrogens with one attached hydrogen (secondary N) is 2. The third-order valence-corrected chi connectivity index (χ3v) is 1.85. The topological polar surface area (TPSA) is 24.1 Å². The first kappa shape index (κ1) is 7.03. The summed E-state index contributed by atoms with van der Waals surface area (Å²) in [5.74, 6) is 0. The Morgan fingerprint density at radius 1 is 1.44 bits per heavy atom. The standard InChI is InChI=1S/C7H16N2/c1-3-7-5-8-4-6(2)9-7/h6-9H,3-5H2,1-2H3/t6-,7-/m1/s1. The van der Waals surface area contributed by atoms with Gasteiger partial charge in [0.15, 0.2) is 0 Å². The summed E-state index contributed by atoms with van der Waals surface area (Å²) in [5.41, 5.74) is 0. The Morgan fingerprint density at radius 2 is 2.22 bits per heavy atom. The summed E-state index contributed by atoms with van der Waals surface area (Å²) >= 11 is 0. The van der Waals surface area contributed by atoms with E-state index in [2.05, 4.69) is 24.5 Å². The Bertz CT molecular complexity index is 83.0. The molecular weight excluding hydrogens is 112 g/mol. The minimum Gasteiger partial charge on any atom is -0.314 e. The molecule has 9 heavy (non-hydrogen) atoms. The lowest BCUT2D eigenvalue weighted by molar-refractivity contribution is 0.347. The third-order valence-electron chi connectivity index (χ3n) is 1.85. The fraction of sp³-hybridized carbons (Fsp3) is 1.00. The van der Waals surface area contributed by atoms with E-state index in [9.17, 15) is 0 Å². The van der Waals surface area contributed by atoms with Gasteiger partial charge in [-0.15, -0.1) is 0 Å². The van der Waals surface area contributed by atoms with Crippen LogP contribution in [0, 0.1) is 0 Å². The van der Waals surface area contributed by atoms with Crippen molar-refractivity contribution < 1.29 is 0 Å². The first-order valence-corrected chi connectivity index (χ1v) is 3.79. The fourth-order valence-electron chi connectivity index (χ4n) is 1.26. The van der Waals surface area contributed by atoms with E-state index < -0.39 is 0 Å². The van der Waals surface area contributed by atoms with E-state index >= 15 is 0 Å². The van der Waals surface area contributed by atoms with Crippen LogP contribution in [0.25, 0.3) is 0 Å². The van der Waals surface area contributed by atoms with Crippen LogP contribution in [0.15, 0.2) is 0 Å². The molecule has 0 aromatic carbocycles. The van der Waals surface area contributed by atoms with Crippen LogP contribution in [-0.2, 0) is 0 Å². The molecule has 0 radical (unpaired) electrons. The van der Waals surface area contributed by atoms with E-state index in [1.54, 1.807) is 0 Å². The normalized spacial score (nSPS) is 36.7. The molecule has 0 saturated carbocycles. The van der Waals surface area contributed by atoms with Crippen LogP contribution in [0.4, 0.5) is 0 Å². The average molecular weight is 128 g/mol. The van der Waals surface area contributed by atoms with Crippen LogP contribution >= 0.6 is 0 Å². The largest absolute Gasteiger partial charge is 0.314 e. The minimum absolute atomic E-state index is 0.656. The molecule has 1 rings (SSSR count). The Kier molecular flexibility index (Phi) is 2.49. The summed E-state index contributed by atoms with van der Waals surface area (Å²) in [4.78, 5) is 0. The van der Waals surface area contributed by atoms with E-state index in [-0.39, 0.29) is 0 Å². The van der Waals surface area contributed by atoms with Gasteiger partial charge in [0.25, 0.3) is 0 Å². The summed E-state index contributed by atoms with van der Waals surface area (Å²) in [7, 11) is 0. The van der Waals surface area contributed by atoms with Crippen molar-refractivity contribution in [2.75, 3.05) is 13.1 Å². The van der Waals surface area contributed by atoms with Gasteiger partial charge in [-0.2, -0.15) is 0 Å². The average Bonchev–Trinajstić information content (AvgIpc) is 1.88. The van der Waals surface area contributed by atoms with Crippen LogP contribution in [0.3, 0.4) is 0 Å². The zero-order chi connectivity index (χ0) is 6.69. The maximum atomic E-state index is 3.50. The Hall–Kier alpha value is -0.0800. The van der Waals surface area contributed by atoms with E-state index in [1.165, 1.54) is 6.42 Å². The van der Waals surface area contributed by atoms with Gasteiger partial charge in [-0.3, -0.25) is 0 Å². The SMILES string of the molecule is CC[C@@H]1CNC[C@@H](C)N1. The second-order valence-corrected chi connectivity index (χ2v) is 2.83. The molecule has 2 atom stereocenters. The molecule has 0 aliphatic carbocycles. The molecule has 0 spiro atoms. The lowest BCUT2D eigenvalue weighted by Gasteiger charge is -2.28. The molecule has 0 aromatic heterocycles. The van der Waals surface area contributed by atoms with E-state index in [0.717, 1.165) is 13.1 Å². The van der Waals surface area contributed by atoms with Gasteiger partial charge in [0.1, 0.15) is 0 Å². The van der Waals surface area contributed by atoms with Crippen LogP contribution in [-0.4, -0.2) is 25.2 Å². The van der Waals surface area contributed by atoms with Crippen molar-refractivity contribution in [3.63, 3.8) is 0 Å². The van der Waals surface area contributed by atoms with Gasteiger partial charge in [-0.25, -0.2) is 0 Å². The number of hydrogen-bond donors (Lipinski definition) is 2. The zero-order valence-electron chi connectivity index (χ0n) is 6.28. The predicted molar refractivity (Wildman–Crippen MR) is 39.5 cm³/mol. The summed E-state index contributed by atoms with van der Waals surface area (Å²) in [5, 5.41) is 6.88. The second kappa shape index (κ2) is 3.18. The molecule has 1 saturated heterocycles. The number of rotatable bonds is 1. The highest BCUT2D eigenvalue weighted by atomic mass is 15.1. The maximum absolute atomic E-state index is 3.50. The highest BCUT2D eigenvalue weighted by Gasteiger charge is 2.14. The Morgan fingerprint density at radius 3 is 2.67 bits per heavy atom. The molecule has 2 heteroatoms. The fourth-order valence-corrected chi connectivity index (χ4v) is 1.26. The summed E-state index contributed by atoms with van der Waals surface area (Å²) < 4.78 is 0. The molecule has 0 unspecified atom stereocenters. The monoisotopic (exact) mass is 128 g/mol. The second-order valence-electron chi connectivity index (χ2n) is 2.83. The summed E-state index contributed by atoms with van der Waals surface area (Å²) in [6.45, 7) is 6.70. The molecule has 1 fully saturated rings. The van der Waals surface area contributed by atoms with Crippen molar-refractivity contribution in [3.05, 3.63) is 0 Å². The van der Waals surface area contributed by atoms with Crippen molar-refractivity contribution in [1.29, 1.82) is 0 Å². The van der Waals surface area contributed by atoms with Gasteiger partial charge < -0.3 is 10.6 Å².